The highest BCUT2D eigenvalue weighted by Crippen LogP contribution is 2.34. The van der Waals surface area contributed by atoms with Crippen molar-refractivity contribution in [2.24, 2.45) is 5.41 Å². The number of hydrogen-bond acceptors (Lipinski definition) is 2. The minimum Gasteiger partial charge on any atom is -0.344 e. The molecule has 15 heavy (non-hydrogen) atoms. The Morgan fingerprint density at radius 2 is 2.00 bits per heavy atom. The molecule has 1 aliphatic heterocycles. The molecule has 1 heterocycles. The number of carbonyl (C=O) groups is 1. The number of benzene rings is 1. The van der Waals surface area contributed by atoms with Crippen LogP contribution >= 0.6 is 0 Å². The lowest BCUT2D eigenvalue weighted by molar-refractivity contribution is -0.113. The van der Waals surface area contributed by atoms with Gasteiger partial charge in [0.05, 0.1) is 5.41 Å². The molecule has 0 amide bonds. The molecule has 2 heteroatoms. The van der Waals surface area contributed by atoms with E-state index < -0.39 is 0 Å². The van der Waals surface area contributed by atoms with Crippen molar-refractivity contribution in [1.29, 1.82) is 0 Å². The molecule has 1 aromatic carbocycles. The van der Waals surface area contributed by atoms with E-state index in [1.807, 2.05) is 37.4 Å². The summed E-state index contributed by atoms with van der Waals surface area (Å²) in [6, 6.07) is 10.3. The van der Waals surface area contributed by atoms with Crippen molar-refractivity contribution < 1.29 is 4.79 Å². The van der Waals surface area contributed by atoms with Gasteiger partial charge in [-0.3, -0.25) is 0 Å². The molecular weight excluding hydrogens is 186 g/mol. The average Bonchev–Trinajstić information content (AvgIpc) is 2.58. The van der Waals surface area contributed by atoms with E-state index in [-0.39, 0.29) is 11.5 Å². The number of nitrogens with zero attached hydrogens (tertiary/aromatic N) is 1. The monoisotopic (exact) mass is 201 g/mol. The molecule has 0 saturated carbocycles. The van der Waals surface area contributed by atoms with Crippen LogP contribution in [0.4, 0.5) is 5.69 Å². The molecule has 1 aromatic rings. The van der Waals surface area contributed by atoms with Gasteiger partial charge in [0.2, 0.25) is 0 Å². The lowest BCUT2D eigenvalue weighted by Crippen LogP contribution is -2.36. The zero-order chi connectivity index (χ0) is 10.9. The largest absolute Gasteiger partial charge is 0.344 e. The van der Waals surface area contributed by atoms with E-state index in [0.29, 0.717) is 0 Å². The molecule has 0 spiro atoms. The standard InChI is InChI=1S/C13H15NO/c1-11-13(2,10-15)8-9-14(11)12-6-4-3-5-7-12/h3-11H,1-2H3. The Morgan fingerprint density at radius 3 is 2.53 bits per heavy atom. The van der Waals surface area contributed by atoms with Gasteiger partial charge in [-0.05, 0) is 26.0 Å². The smallest absolute Gasteiger partial charge is 0.131 e. The lowest BCUT2D eigenvalue weighted by Gasteiger charge is -2.29. The van der Waals surface area contributed by atoms with E-state index in [1.54, 1.807) is 0 Å². The molecule has 2 rings (SSSR count). The molecule has 2 unspecified atom stereocenters. The van der Waals surface area contributed by atoms with E-state index in [2.05, 4.69) is 24.0 Å². The number of aldehydes is 1. The summed E-state index contributed by atoms with van der Waals surface area (Å²) < 4.78 is 0. The zero-order valence-electron chi connectivity index (χ0n) is 9.05. The Labute approximate surface area is 90.2 Å². The minimum absolute atomic E-state index is 0.178. The van der Waals surface area contributed by atoms with Gasteiger partial charge in [-0.15, -0.1) is 0 Å². The topological polar surface area (TPSA) is 20.3 Å². The highest BCUT2D eigenvalue weighted by atomic mass is 16.1. The molecule has 0 fully saturated rings. The highest BCUT2D eigenvalue weighted by molar-refractivity contribution is 5.69. The number of anilines is 1. The summed E-state index contributed by atoms with van der Waals surface area (Å²) >= 11 is 0. The fourth-order valence-corrected chi connectivity index (χ4v) is 1.86. The Balaban J connectivity index is 2.30. The first-order valence-corrected chi connectivity index (χ1v) is 5.16. The molecule has 0 bridgehead atoms. The van der Waals surface area contributed by atoms with E-state index in [9.17, 15) is 4.79 Å². The molecule has 0 saturated heterocycles. The van der Waals surface area contributed by atoms with Gasteiger partial charge in [0.1, 0.15) is 6.29 Å². The van der Waals surface area contributed by atoms with Crippen molar-refractivity contribution in [1.82, 2.24) is 0 Å². The second kappa shape index (κ2) is 3.54. The second-order valence-corrected chi connectivity index (χ2v) is 4.22. The van der Waals surface area contributed by atoms with Crippen molar-refractivity contribution >= 4 is 12.0 Å². The first-order valence-electron chi connectivity index (χ1n) is 5.16. The van der Waals surface area contributed by atoms with Gasteiger partial charge in [0.15, 0.2) is 0 Å². The predicted octanol–water partition coefficient (Wildman–Crippen LogP) is 2.61. The van der Waals surface area contributed by atoms with Crippen LogP contribution in [-0.4, -0.2) is 12.3 Å². The number of para-hydroxylation sites is 1. The van der Waals surface area contributed by atoms with Crippen molar-refractivity contribution in [3.05, 3.63) is 42.6 Å². The van der Waals surface area contributed by atoms with Crippen LogP contribution in [0.1, 0.15) is 13.8 Å². The van der Waals surface area contributed by atoms with E-state index >= 15 is 0 Å². The molecule has 0 aliphatic carbocycles. The van der Waals surface area contributed by atoms with E-state index in [1.165, 1.54) is 0 Å². The Bertz CT molecular complexity index is 385. The normalized spacial score (nSPS) is 29.5. The third kappa shape index (κ3) is 1.56. The van der Waals surface area contributed by atoms with Gasteiger partial charge in [0.25, 0.3) is 0 Å². The SMILES string of the molecule is CC1N(c2ccccc2)C=CC1(C)C=O. The van der Waals surface area contributed by atoms with E-state index in [0.717, 1.165) is 12.0 Å². The number of hydrogen-bond donors (Lipinski definition) is 0. The van der Waals surface area contributed by atoms with Crippen LogP contribution < -0.4 is 4.90 Å². The highest BCUT2D eigenvalue weighted by Gasteiger charge is 2.36. The second-order valence-electron chi connectivity index (χ2n) is 4.22. The summed E-state index contributed by atoms with van der Waals surface area (Å²) in [5.74, 6) is 0. The first-order chi connectivity index (χ1) is 7.17. The quantitative estimate of drug-likeness (QED) is 0.685. The van der Waals surface area contributed by atoms with Gasteiger partial charge >= 0.3 is 0 Å². The molecule has 0 N–H and O–H groups in total. The number of rotatable bonds is 2. The third-order valence-electron chi connectivity index (χ3n) is 3.22. The summed E-state index contributed by atoms with van der Waals surface area (Å²) in [5.41, 5.74) is 0.766. The third-order valence-corrected chi connectivity index (χ3v) is 3.22. The van der Waals surface area contributed by atoms with Crippen LogP contribution in [0.2, 0.25) is 0 Å². The fourth-order valence-electron chi connectivity index (χ4n) is 1.86. The minimum atomic E-state index is -0.365. The molecule has 1 aliphatic rings. The molecular formula is C13H15NO. The average molecular weight is 201 g/mol. The van der Waals surface area contributed by atoms with Gasteiger partial charge in [-0.25, -0.2) is 0 Å². The van der Waals surface area contributed by atoms with Gasteiger partial charge in [0, 0.05) is 17.9 Å². The van der Waals surface area contributed by atoms with Crippen molar-refractivity contribution in [2.75, 3.05) is 4.90 Å². The van der Waals surface area contributed by atoms with Crippen LogP contribution in [0.5, 0.6) is 0 Å². The summed E-state index contributed by atoms with van der Waals surface area (Å²) in [6.45, 7) is 4.03. The van der Waals surface area contributed by atoms with Crippen LogP contribution in [0.15, 0.2) is 42.6 Å². The van der Waals surface area contributed by atoms with Crippen molar-refractivity contribution in [3.63, 3.8) is 0 Å². The van der Waals surface area contributed by atoms with Crippen molar-refractivity contribution in [3.8, 4) is 0 Å². The van der Waals surface area contributed by atoms with Gasteiger partial charge in [-0.2, -0.15) is 0 Å². The summed E-state index contributed by atoms with van der Waals surface area (Å²) in [5, 5.41) is 0. The lowest BCUT2D eigenvalue weighted by atomic mass is 9.87. The molecule has 2 nitrogen and oxygen atoms in total. The summed E-state index contributed by atoms with van der Waals surface area (Å²) in [7, 11) is 0. The molecule has 2 atom stereocenters. The Hall–Kier alpha value is -1.57. The predicted molar refractivity (Wildman–Crippen MR) is 61.7 cm³/mol. The Kier molecular flexibility index (Phi) is 2.35. The fraction of sp³-hybridized carbons (Fsp3) is 0.308. The maximum atomic E-state index is 11.0. The summed E-state index contributed by atoms with van der Waals surface area (Å²) in [6.07, 6.45) is 4.99. The first kappa shape index (κ1) is 9.97. The van der Waals surface area contributed by atoms with Crippen LogP contribution in [-0.2, 0) is 4.79 Å². The van der Waals surface area contributed by atoms with E-state index in [4.69, 9.17) is 0 Å². The zero-order valence-corrected chi connectivity index (χ0v) is 9.05. The Morgan fingerprint density at radius 1 is 1.33 bits per heavy atom. The van der Waals surface area contributed by atoms with Crippen LogP contribution in [0.3, 0.4) is 0 Å². The van der Waals surface area contributed by atoms with Crippen LogP contribution in [0, 0.1) is 5.41 Å². The van der Waals surface area contributed by atoms with Crippen molar-refractivity contribution in [2.45, 2.75) is 19.9 Å². The maximum Gasteiger partial charge on any atom is 0.131 e. The molecule has 0 radical (unpaired) electrons. The van der Waals surface area contributed by atoms with Crippen LogP contribution in [0.25, 0.3) is 0 Å². The van der Waals surface area contributed by atoms with Gasteiger partial charge in [-0.1, -0.05) is 24.3 Å². The molecule has 0 aromatic heterocycles. The number of carbonyl (C=O) groups excluding carboxylic acids is 1. The maximum absolute atomic E-state index is 11.0. The summed E-state index contributed by atoms with van der Waals surface area (Å²) in [4.78, 5) is 13.2. The molecule has 78 valence electrons. The van der Waals surface area contributed by atoms with Gasteiger partial charge < -0.3 is 9.69 Å².